The number of carbonyl (C=O) groups is 1. The molecule has 0 aliphatic heterocycles. The second kappa shape index (κ2) is 7.39. The molecular formula is C23H22N4O2. The van der Waals surface area contributed by atoms with Gasteiger partial charge in [0.15, 0.2) is 0 Å². The predicted octanol–water partition coefficient (Wildman–Crippen LogP) is 4.40. The highest BCUT2D eigenvalue weighted by molar-refractivity contribution is 5.96. The van der Waals surface area contributed by atoms with E-state index in [4.69, 9.17) is 4.74 Å². The lowest BCUT2D eigenvalue weighted by Gasteiger charge is -2.10. The van der Waals surface area contributed by atoms with Crippen LogP contribution in [0.5, 0.6) is 11.5 Å². The highest BCUT2D eigenvalue weighted by Crippen LogP contribution is 2.29. The van der Waals surface area contributed by atoms with Crippen molar-refractivity contribution in [2.75, 3.05) is 7.05 Å². The summed E-state index contributed by atoms with van der Waals surface area (Å²) in [7, 11) is 3.53. The summed E-state index contributed by atoms with van der Waals surface area (Å²) in [4.78, 5) is 16.4. The van der Waals surface area contributed by atoms with Gasteiger partial charge in [-0.15, -0.1) is 0 Å². The van der Waals surface area contributed by atoms with Crippen molar-refractivity contribution in [2.24, 2.45) is 7.05 Å². The lowest BCUT2D eigenvalue weighted by molar-refractivity contribution is 0.0962. The standard InChI is InChI=1S/C23H22N4O2/c1-14-10-17(8-9-20(14)23(28)24-3)16-6-5-7-18(11-16)29-19-12-21-22(25-13-19)15(2)26-27(21)4/h5-13H,1-4H3,(H,24,28). The topological polar surface area (TPSA) is 69.0 Å². The third-order valence-electron chi connectivity index (χ3n) is 4.93. The summed E-state index contributed by atoms with van der Waals surface area (Å²) in [5.41, 5.74) is 6.34. The number of fused-ring (bicyclic) bond motifs is 1. The van der Waals surface area contributed by atoms with E-state index in [9.17, 15) is 4.79 Å². The van der Waals surface area contributed by atoms with Crippen LogP contribution in [0.2, 0.25) is 0 Å². The van der Waals surface area contributed by atoms with Crippen molar-refractivity contribution >= 4 is 16.9 Å². The van der Waals surface area contributed by atoms with Gasteiger partial charge >= 0.3 is 0 Å². The highest BCUT2D eigenvalue weighted by Gasteiger charge is 2.10. The molecule has 0 saturated heterocycles. The van der Waals surface area contributed by atoms with Crippen LogP contribution in [-0.4, -0.2) is 27.7 Å². The Labute approximate surface area is 169 Å². The minimum Gasteiger partial charge on any atom is -0.456 e. The molecule has 0 aliphatic carbocycles. The fourth-order valence-electron chi connectivity index (χ4n) is 3.45. The Morgan fingerprint density at radius 3 is 2.59 bits per heavy atom. The van der Waals surface area contributed by atoms with Gasteiger partial charge in [0.2, 0.25) is 0 Å². The van der Waals surface area contributed by atoms with Crippen molar-refractivity contribution in [2.45, 2.75) is 13.8 Å². The summed E-state index contributed by atoms with van der Waals surface area (Å²) < 4.78 is 7.86. The number of rotatable bonds is 4. The van der Waals surface area contributed by atoms with E-state index < -0.39 is 0 Å². The third kappa shape index (κ3) is 3.57. The fraction of sp³-hybridized carbons (Fsp3) is 0.174. The largest absolute Gasteiger partial charge is 0.456 e. The molecule has 6 heteroatoms. The monoisotopic (exact) mass is 386 g/mol. The number of hydrogen-bond acceptors (Lipinski definition) is 4. The molecule has 0 fully saturated rings. The summed E-state index contributed by atoms with van der Waals surface area (Å²) in [6.07, 6.45) is 1.71. The van der Waals surface area contributed by atoms with Crippen molar-refractivity contribution in [3.8, 4) is 22.6 Å². The molecule has 0 spiro atoms. The first kappa shape index (κ1) is 18.7. The molecule has 2 aromatic carbocycles. The van der Waals surface area contributed by atoms with Crippen LogP contribution in [0.3, 0.4) is 0 Å². The number of aryl methyl sites for hydroxylation is 3. The smallest absolute Gasteiger partial charge is 0.251 e. The minimum absolute atomic E-state index is 0.0839. The van der Waals surface area contributed by atoms with E-state index in [0.717, 1.165) is 39.2 Å². The average molecular weight is 386 g/mol. The summed E-state index contributed by atoms with van der Waals surface area (Å²) >= 11 is 0. The van der Waals surface area contributed by atoms with Crippen LogP contribution in [0.15, 0.2) is 54.7 Å². The average Bonchev–Trinajstić information content (AvgIpc) is 3.01. The summed E-state index contributed by atoms with van der Waals surface area (Å²) in [5.74, 6) is 1.29. The van der Waals surface area contributed by atoms with E-state index in [1.807, 2.05) is 69.4 Å². The Balaban J connectivity index is 1.63. The van der Waals surface area contributed by atoms with E-state index >= 15 is 0 Å². The van der Waals surface area contributed by atoms with Gasteiger partial charge in [-0.25, -0.2) is 4.98 Å². The molecule has 4 rings (SSSR count). The Hall–Kier alpha value is -3.67. The number of hydrogen-bond donors (Lipinski definition) is 1. The Morgan fingerprint density at radius 2 is 1.83 bits per heavy atom. The number of benzene rings is 2. The Morgan fingerprint density at radius 1 is 1.03 bits per heavy atom. The van der Waals surface area contributed by atoms with Crippen LogP contribution >= 0.6 is 0 Å². The molecule has 29 heavy (non-hydrogen) atoms. The van der Waals surface area contributed by atoms with Gasteiger partial charge in [-0.1, -0.05) is 24.3 Å². The molecule has 2 aromatic heterocycles. The lowest BCUT2D eigenvalue weighted by atomic mass is 9.99. The quantitative estimate of drug-likeness (QED) is 0.564. The van der Waals surface area contributed by atoms with Gasteiger partial charge in [0.25, 0.3) is 5.91 Å². The van der Waals surface area contributed by atoms with Gasteiger partial charge in [-0.05, 0) is 48.7 Å². The van der Waals surface area contributed by atoms with Gasteiger partial charge < -0.3 is 10.1 Å². The number of pyridine rings is 1. The summed E-state index contributed by atoms with van der Waals surface area (Å²) in [5, 5.41) is 7.06. The van der Waals surface area contributed by atoms with Gasteiger partial charge in [-0.2, -0.15) is 5.10 Å². The van der Waals surface area contributed by atoms with E-state index in [1.54, 1.807) is 17.9 Å². The van der Waals surface area contributed by atoms with Crippen molar-refractivity contribution in [1.82, 2.24) is 20.1 Å². The molecule has 0 unspecified atom stereocenters. The van der Waals surface area contributed by atoms with Crippen LogP contribution < -0.4 is 10.1 Å². The second-order valence-electron chi connectivity index (χ2n) is 6.99. The summed E-state index contributed by atoms with van der Waals surface area (Å²) in [6.45, 7) is 3.88. The number of aromatic nitrogens is 3. The number of nitrogens with zero attached hydrogens (tertiary/aromatic N) is 3. The Kier molecular flexibility index (Phi) is 4.76. The molecular weight excluding hydrogens is 364 g/mol. The number of nitrogens with one attached hydrogen (secondary N) is 1. The maximum absolute atomic E-state index is 11.9. The van der Waals surface area contributed by atoms with E-state index in [0.29, 0.717) is 11.3 Å². The van der Waals surface area contributed by atoms with Crippen molar-refractivity contribution in [3.63, 3.8) is 0 Å². The first-order valence-electron chi connectivity index (χ1n) is 9.36. The van der Waals surface area contributed by atoms with E-state index in [1.165, 1.54) is 0 Å². The van der Waals surface area contributed by atoms with Crippen molar-refractivity contribution in [1.29, 1.82) is 0 Å². The molecule has 0 saturated carbocycles. The third-order valence-corrected chi connectivity index (χ3v) is 4.93. The zero-order valence-corrected chi connectivity index (χ0v) is 16.9. The SMILES string of the molecule is CNC(=O)c1ccc(-c2cccc(Oc3cnc4c(C)nn(C)c4c3)c2)cc1C. The maximum Gasteiger partial charge on any atom is 0.251 e. The molecule has 146 valence electrons. The van der Waals surface area contributed by atoms with Crippen LogP contribution in [0.4, 0.5) is 0 Å². The van der Waals surface area contributed by atoms with Crippen molar-refractivity contribution < 1.29 is 9.53 Å². The molecule has 1 amide bonds. The Bertz CT molecular complexity index is 1230. The van der Waals surface area contributed by atoms with Crippen LogP contribution in [0.1, 0.15) is 21.6 Å². The van der Waals surface area contributed by atoms with Gasteiger partial charge in [-0.3, -0.25) is 9.48 Å². The normalized spacial score (nSPS) is 10.9. The molecule has 0 aliphatic rings. The van der Waals surface area contributed by atoms with Crippen LogP contribution in [-0.2, 0) is 7.05 Å². The molecule has 4 aromatic rings. The van der Waals surface area contributed by atoms with Crippen molar-refractivity contribution in [3.05, 3.63) is 71.5 Å². The zero-order chi connectivity index (χ0) is 20.5. The molecule has 0 radical (unpaired) electrons. The van der Waals surface area contributed by atoms with Gasteiger partial charge in [0.1, 0.15) is 17.0 Å². The van der Waals surface area contributed by atoms with Gasteiger partial charge in [0, 0.05) is 25.7 Å². The zero-order valence-electron chi connectivity index (χ0n) is 16.9. The lowest BCUT2D eigenvalue weighted by Crippen LogP contribution is -2.18. The molecule has 1 N–H and O–H groups in total. The fourth-order valence-corrected chi connectivity index (χ4v) is 3.45. The van der Waals surface area contributed by atoms with Crippen LogP contribution in [0, 0.1) is 13.8 Å². The first-order chi connectivity index (χ1) is 14.0. The first-order valence-corrected chi connectivity index (χ1v) is 9.36. The predicted molar refractivity (Wildman–Crippen MR) is 113 cm³/mol. The highest BCUT2D eigenvalue weighted by atomic mass is 16.5. The van der Waals surface area contributed by atoms with E-state index in [-0.39, 0.29) is 5.91 Å². The maximum atomic E-state index is 11.9. The number of carbonyl (C=O) groups excluding carboxylic acids is 1. The summed E-state index contributed by atoms with van der Waals surface area (Å²) in [6, 6.07) is 15.6. The minimum atomic E-state index is -0.0839. The number of ether oxygens (including phenoxy) is 1. The molecule has 6 nitrogen and oxygen atoms in total. The van der Waals surface area contributed by atoms with Crippen LogP contribution in [0.25, 0.3) is 22.2 Å². The second-order valence-corrected chi connectivity index (χ2v) is 6.99. The van der Waals surface area contributed by atoms with Gasteiger partial charge in [0.05, 0.1) is 17.4 Å². The molecule has 0 bridgehead atoms. The van der Waals surface area contributed by atoms with E-state index in [2.05, 4.69) is 15.4 Å². The molecule has 0 atom stereocenters. The molecule has 2 heterocycles. The number of amides is 1.